The number of nitrogens with one attached hydrogen (secondary N) is 1. The lowest BCUT2D eigenvalue weighted by molar-refractivity contribution is -0.146. The number of rotatable bonds is 8. The number of ether oxygens (including phenoxy) is 2. The Kier molecular flexibility index (Phi) is 7.44. The molecule has 5 nitrogen and oxygen atoms in total. The number of amides is 1. The molecule has 0 radical (unpaired) electrons. The first kappa shape index (κ1) is 18.9. The maximum atomic E-state index is 13.7. The Bertz CT molecular complexity index is 508. The van der Waals surface area contributed by atoms with E-state index in [1.165, 1.54) is 0 Å². The normalized spacial score (nSPS) is 12.3. The number of hydrogen-bond donors (Lipinski definition) is 1. The molecule has 0 saturated heterocycles. The fourth-order valence-corrected chi connectivity index (χ4v) is 2.01. The summed E-state index contributed by atoms with van der Waals surface area (Å²) in [5.41, 5.74) is 0.744. The molecule has 1 N–H and O–H groups in total. The van der Waals surface area contributed by atoms with E-state index in [0.29, 0.717) is 0 Å². The summed E-state index contributed by atoms with van der Waals surface area (Å²) in [7, 11) is 1.07. The van der Waals surface area contributed by atoms with Crippen LogP contribution in [0.4, 0.5) is 13.6 Å². The maximum absolute atomic E-state index is 13.7. The van der Waals surface area contributed by atoms with Crippen LogP contribution in [-0.2, 0) is 20.9 Å². The van der Waals surface area contributed by atoms with Crippen molar-refractivity contribution < 1.29 is 27.8 Å². The van der Waals surface area contributed by atoms with Gasteiger partial charge in [0.1, 0.15) is 12.6 Å². The molecule has 0 heterocycles. The van der Waals surface area contributed by atoms with Crippen LogP contribution in [0.2, 0.25) is 0 Å². The van der Waals surface area contributed by atoms with Crippen molar-refractivity contribution in [1.29, 1.82) is 0 Å². The molecule has 0 bridgehead atoms. The van der Waals surface area contributed by atoms with Gasteiger partial charge in [0.25, 0.3) is 5.92 Å². The summed E-state index contributed by atoms with van der Waals surface area (Å²) in [6.45, 7) is 1.59. The zero-order valence-electron chi connectivity index (χ0n) is 13.2. The van der Waals surface area contributed by atoms with Crippen molar-refractivity contribution in [2.24, 2.45) is 0 Å². The second-order valence-electron chi connectivity index (χ2n) is 5.09. The molecule has 1 aromatic rings. The van der Waals surface area contributed by atoms with Gasteiger partial charge in [-0.25, -0.2) is 18.4 Å². The average molecular weight is 329 g/mol. The van der Waals surface area contributed by atoms with Crippen molar-refractivity contribution in [3.8, 4) is 0 Å². The van der Waals surface area contributed by atoms with Gasteiger partial charge in [-0.15, -0.1) is 0 Å². The van der Waals surface area contributed by atoms with Crippen molar-refractivity contribution in [3.63, 3.8) is 0 Å². The summed E-state index contributed by atoms with van der Waals surface area (Å²) in [5, 5.41) is 2.14. The predicted octanol–water partition coefficient (Wildman–Crippen LogP) is 3.28. The summed E-state index contributed by atoms with van der Waals surface area (Å²) < 4.78 is 36.7. The van der Waals surface area contributed by atoms with Crippen LogP contribution >= 0.6 is 0 Å². The van der Waals surface area contributed by atoms with E-state index >= 15 is 0 Å². The third-order valence-corrected chi connectivity index (χ3v) is 3.11. The molecule has 1 aromatic carbocycles. The van der Waals surface area contributed by atoms with Crippen LogP contribution in [0, 0.1) is 0 Å². The first-order valence-corrected chi connectivity index (χ1v) is 7.31. The maximum Gasteiger partial charge on any atom is 0.408 e. The second kappa shape index (κ2) is 9.07. The SMILES string of the molecule is CCCC(F)(F)CC(NC(=O)OCc1ccccc1)C(=O)OC. The van der Waals surface area contributed by atoms with E-state index < -0.39 is 30.4 Å². The van der Waals surface area contributed by atoms with Gasteiger partial charge in [0.15, 0.2) is 0 Å². The van der Waals surface area contributed by atoms with Gasteiger partial charge in [0.2, 0.25) is 0 Å². The molecule has 0 aliphatic heterocycles. The van der Waals surface area contributed by atoms with Crippen molar-refractivity contribution in [1.82, 2.24) is 5.32 Å². The summed E-state index contributed by atoms with van der Waals surface area (Å²) >= 11 is 0. The Labute approximate surface area is 134 Å². The van der Waals surface area contributed by atoms with Crippen LogP contribution < -0.4 is 5.32 Å². The molecule has 0 saturated carbocycles. The molecule has 1 amide bonds. The lowest BCUT2D eigenvalue weighted by Crippen LogP contribution is -2.45. The minimum Gasteiger partial charge on any atom is -0.467 e. The third-order valence-electron chi connectivity index (χ3n) is 3.11. The Morgan fingerprint density at radius 3 is 2.48 bits per heavy atom. The highest BCUT2D eigenvalue weighted by molar-refractivity contribution is 5.81. The van der Waals surface area contributed by atoms with Crippen molar-refractivity contribution in [3.05, 3.63) is 35.9 Å². The predicted molar refractivity (Wildman–Crippen MR) is 80.0 cm³/mol. The number of carbonyl (C=O) groups is 2. The number of halogens is 2. The van der Waals surface area contributed by atoms with E-state index in [1.807, 2.05) is 6.07 Å². The highest BCUT2D eigenvalue weighted by Crippen LogP contribution is 2.26. The van der Waals surface area contributed by atoms with Crippen molar-refractivity contribution in [2.45, 2.75) is 44.8 Å². The minimum absolute atomic E-state index is 0.0219. The van der Waals surface area contributed by atoms with Crippen LogP contribution in [0.3, 0.4) is 0 Å². The van der Waals surface area contributed by atoms with Gasteiger partial charge in [0, 0.05) is 12.8 Å². The molecule has 128 valence electrons. The van der Waals surface area contributed by atoms with E-state index in [1.54, 1.807) is 31.2 Å². The van der Waals surface area contributed by atoms with Crippen LogP contribution in [0.1, 0.15) is 31.7 Å². The molecule has 0 fully saturated rings. The topological polar surface area (TPSA) is 64.6 Å². The average Bonchev–Trinajstić information content (AvgIpc) is 2.52. The largest absolute Gasteiger partial charge is 0.467 e. The number of carbonyl (C=O) groups excluding carboxylic acids is 2. The summed E-state index contributed by atoms with van der Waals surface area (Å²) in [6.07, 6.45) is -1.88. The van der Waals surface area contributed by atoms with Gasteiger partial charge in [0.05, 0.1) is 7.11 Å². The molecule has 1 unspecified atom stereocenters. The van der Waals surface area contributed by atoms with Gasteiger partial charge >= 0.3 is 12.1 Å². The highest BCUT2D eigenvalue weighted by Gasteiger charge is 2.36. The fraction of sp³-hybridized carbons (Fsp3) is 0.500. The Morgan fingerprint density at radius 2 is 1.91 bits per heavy atom. The first-order chi connectivity index (χ1) is 10.9. The second-order valence-corrected chi connectivity index (χ2v) is 5.09. The van der Waals surface area contributed by atoms with Crippen molar-refractivity contribution in [2.75, 3.05) is 7.11 Å². The van der Waals surface area contributed by atoms with Gasteiger partial charge < -0.3 is 14.8 Å². The summed E-state index contributed by atoms with van der Waals surface area (Å²) in [4.78, 5) is 23.3. The smallest absolute Gasteiger partial charge is 0.408 e. The van der Waals surface area contributed by atoms with Crippen molar-refractivity contribution >= 4 is 12.1 Å². The molecule has 0 aromatic heterocycles. The number of esters is 1. The van der Waals surface area contributed by atoms with Crippen LogP contribution in [-0.4, -0.2) is 31.1 Å². The minimum atomic E-state index is -3.07. The highest BCUT2D eigenvalue weighted by atomic mass is 19.3. The van der Waals surface area contributed by atoms with E-state index in [-0.39, 0.29) is 19.4 Å². The number of alkyl carbamates (subject to hydrolysis) is 1. The van der Waals surface area contributed by atoms with Crippen LogP contribution in [0.25, 0.3) is 0 Å². The molecule has 7 heteroatoms. The van der Waals surface area contributed by atoms with Gasteiger partial charge in [-0.05, 0) is 5.56 Å². The Balaban J connectivity index is 2.58. The van der Waals surface area contributed by atoms with Crippen LogP contribution in [0.15, 0.2) is 30.3 Å². The third kappa shape index (κ3) is 7.08. The Hall–Kier alpha value is -2.18. The zero-order chi connectivity index (χ0) is 17.3. The molecule has 0 aliphatic carbocycles. The number of hydrogen-bond acceptors (Lipinski definition) is 4. The number of alkyl halides is 2. The molecule has 1 rings (SSSR count). The number of methoxy groups -OCH3 is 1. The molecule has 23 heavy (non-hydrogen) atoms. The molecular formula is C16H21F2NO4. The monoisotopic (exact) mass is 329 g/mol. The van der Waals surface area contributed by atoms with E-state index in [4.69, 9.17) is 4.74 Å². The lowest BCUT2D eigenvalue weighted by atomic mass is 10.0. The fourth-order valence-electron chi connectivity index (χ4n) is 2.01. The molecule has 0 aliphatic rings. The Morgan fingerprint density at radius 1 is 1.26 bits per heavy atom. The van der Waals surface area contributed by atoms with Crippen LogP contribution in [0.5, 0.6) is 0 Å². The van der Waals surface area contributed by atoms with E-state index in [0.717, 1.165) is 12.7 Å². The summed E-state index contributed by atoms with van der Waals surface area (Å²) in [5.74, 6) is -4.00. The van der Waals surface area contributed by atoms with Gasteiger partial charge in [-0.2, -0.15) is 0 Å². The van der Waals surface area contributed by atoms with E-state index in [9.17, 15) is 18.4 Å². The molecule has 0 spiro atoms. The van der Waals surface area contributed by atoms with Gasteiger partial charge in [-0.1, -0.05) is 43.7 Å². The van der Waals surface area contributed by atoms with Gasteiger partial charge in [-0.3, -0.25) is 0 Å². The standard InChI is InChI=1S/C16H21F2NO4/c1-3-9-16(17,18)10-13(14(20)22-2)19-15(21)23-11-12-7-5-4-6-8-12/h4-8,13H,3,9-11H2,1-2H3,(H,19,21). The summed E-state index contributed by atoms with van der Waals surface area (Å²) in [6, 6.07) is 7.41. The first-order valence-electron chi connectivity index (χ1n) is 7.31. The quantitative estimate of drug-likeness (QED) is 0.743. The molecule has 1 atom stereocenters. The number of benzene rings is 1. The lowest BCUT2D eigenvalue weighted by Gasteiger charge is -2.22. The molecular weight excluding hydrogens is 308 g/mol. The zero-order valence-corrected chi connectivity index (χ0v) is 13.2. The van der Waals surface area contributed by atoms with E-state index in [2.05, 4.69) is 10.1 Å².